The van der Waals surface area contributed by atoms with Gasteiger partial charge < -0.3 is 20.4 Å². The maximum absolute atomic E-state index is 14.6. The quantitative estimate of drug-likeness (QED) is 0.907. The number of piperazine rings is 1. The van der Waals surface area contributed by atoms with E-state index in [1.54, 1.807) is 17.0 Å². The molecular formula is C18H27FN4O. The molecule has 0 aromatic heterocycles. The van der Waals surface area contributed by atoms with Crippen LogP contribution in [0.25, 0.3) is 0 Å². The normalized spacial score (nSPS) is 22.2. The van der Waals surface area contributed by atoms with Gasteiger partial charge in [-0.1, -0.05) is 6.92 Å². The molecule has 0 saturated carbocycles. The molecule has 2 aliphatic rings. The van der Waals surface area contributed by atoms with Crippen molar-refractivity contribution in [3.63, 3.8) is 0 Å². The summed E-state index contributed by atoms with van der Waals surface area (Å²) in [6, 6.07) is 4.97. The van der Waals surface area contributed by atoms with E-state index < -0.39 is 0 Å². The molecule has 3 rings (SSSR count). The molecular weight excluding hydrogens is 307 g/mol. The zero-order chi connectivity index (χ0) is 17.1. The van der Waals surface area contributed by atoms with Gasteiger partial charge in [-0.15, -0.1) is 0 Å². The second kappa shape index (κ2) is 7.49. The Morgan fingerprint density at radius 3 is 2.62 bits per heavy atom. The Morgan fingerprint density at radius 1 is 1.25 bits per heavy atom. The monoisotopic (exact) mass is 334 g/mol. The highest BCUT2D eigenvalue weighted by molar-refractivity contribution is 5.95. The lowest BCUT2D eigenvalue weighted by molar-refractivity contribution is 0.0740. The van der Waals surface area contributed by atoms with Crippen LogP contribution in [-0.4, -0.2) is 67.6 Å². The lowest BCUT2D eigenvalue weighted by atomic mass is 10.1. The van der Waals surface area contributed by atoms with Gasteiger partial charge in [0.05, 0.1) is 5.69 Å². The number of rotatable bonds is 4. The van der Waals surface area contributed by atoms with E-state index in [1.807, 2.05) is 0 Å². The molecule has 2 heterocycles. The van der Waals surface area contributed by atoms with Crippen LogP contribution in [0.4, 0.5) is 10.1 Å². The van der Waals surface area contributed by atoms with E-state index >= 15 is 0 Å². The van der Waals surface area contributed by atoms with Crippen LogP contribution < -0.4 is 10.6 Å². The van der Waals surface area contributed by atoms with Gasteiger partial charge >= 0.3 is 0 Å². The van der Waals surface area contributed by atoms with Crippen LogP contribution in [0.2, 0.25) is 0 Å². The first kappa shape index (κ1) is 17.2. The van der Waals surface area contributed by atoms with Gasteiger partial charge in [0, 0.05) is 50.9 Å². The third-order valence-electron chi connectivity index (χ3n) is 5.26. The highest BCUT2D eigenvalue weighted by atomic mass is 19.1. The standard InChI is InChI=1S/C18H27FN4O/c1-2-21-8-10-22(11-9-21)17-6-5-14(12-16(17)19)18(24)23-7-3-4-15(23)13-20/h5-6,12,15H,2-4,7-11,13,20H2,1H3. The van der Waals surface area contributed by atoms with E-state index in [-0.39, 0.29) is 17.8 Å². The summed E-state index contributed by atoms with van der Waals surface area (Å²) in [6.07, 6.45) is 1.90. The number of hydrogen-bond donors (Lipinski definition) is 1. The molecule has 0 aliphatic carbocycles. The summed E-state index contributed by atoms with van der Waals surface area (Å²) >= 11 is 0. The van der Waals surface area contributed by atoms with Crippen molar-refractivity contribution in [2.24, 2.45) is 5.73 Å². The van der Waals surface area contributed by atoms with Crippen molar-refractivity contribution in [2.75, 3.05) is 50.7 Å². The molecule has 2 N–H and O–H groups in total. The van der Waals surface area contributed by atoms with Crippen molar-refractivity contribution in [3.8, 4) is 0 Å². The van der Waals surface area contributed by atoms with Crippen LogP contribution in [0, 0.1) is 5.82 Å². The number of nitrogens with zero attached hydrogens (tertiary/aromatic N) is 3. The van der Waals surface area contributed by atoms with E-state index in [0.717, 1.165) is 45.6 Å². The smallest absolute Gasteiger partial charge is 0.254 e. The highest BCUT2D eigenvalue weighted by Crippen LogP contribution is 2.25. The van der Waals surface area contributed by atoms with Crippen molar-refractivity contribution in [1.82, 2.24) is 9.80 Å². The lowest BCUT2D eigenvalue weighted by Crippen LogP contribution is -2.46. The average Bonchev–Trinajstić information content (AvgIpc) is 3.10. The molecule has 1 amide bonds. The number of hydrogen-bond acceptors (Lipinski definition) is 4. The van der Waals surface area contributed by atoms with E-state index in [9.17, 15) is 9.18 Å². The van der Waals surface area contributed by atoms with Crippen molar-refractivity contribution >= 4 is 11.6 Å². The fourth-order valence-electron chi connectivity index (χ4n) is 3.72. The molecule has 2 saturated heterocycles. The Kier molecular flexibility index (Phi) is 5.36. The van der Waals surface area contributed by atoms with Gasteiger partial charge in [0.2, 0.25) is 0 Å². The van der Waals surface area contributed by atoms with Crippen LogP contribution in [0.15, 0.2) is 18.2 Å². The maximum Gasteiger partial charge on any atom is 0.254 e. The maximum atomic E-state index is 14.6. The van der Waals surface area contributed by atoms with Crippen molar-refractivity contribution in [3.05, 3.63) is 29.6 Å². The molecule has 5 nitrogen and oxygen atoms in total. The van der Waals surface area contributed by atoms with Crippen LogP contribution in [0.1, 0.15) is 30.1 Å². The first-order valence-corrected chi connectivity index (χ1v) is 8.92. The molecule has 0 spiro atoms. The largest absolute Gasteiger partial charge is 0.367 e. The molecule has 1 aromatic rings. The SMILES string of the molecule is CCN1CCN(c2ccc(C(=O)N3CCCC3CN)cc2F)CC1. The Bertz CT molecular complexity index is 586. The number of amides is 1. The number of carbonyl (C=O) groups excluding carboxylic acids is 1. The van der Waals surface area contributed by atoms with Gasteiger partial charge in [0.1, 0.15) is 5.82 Å². The number of carbonyl (C=O) groups is 1. The van der Waals surface area contributed by atoms with E-state index in [4.69, 9.17) is 5.73 Å². The summed E-state index contributed by atoms with van der Waals surface area (Å²) < 4.78 is 14.6. The summed E-state index contributed by atoms with van der Waals surface area (Å²) in [7, 11) is 0. The Morgan fingerprint density at radius 2 is 2.00 bits per heavy atom. The van der Waals surface area contributed by atoms with Crippen LogP contribution >= 0.6 is 0 Å². The Balaban J connectivity index is 1.72. The van der Waals surface area contributed by atoms with Gasteiger partial charge in [-0.2, -0.15) is 0 Å². The second-order valence-electron chi connectivity index (χ2n) is 6.62. The van der Waals surface area contributed by atoms with Gasteiger partial charge in [-0.05, 0) is 37.6 Å². The summed E-state index contributed by atoms with van der Waals surface area (Å²) in [5.41, 5.74) is 6.75. The predicted octanol–water partition coefficient (Wildman–Crippen LogP) is 1.53. The fraction of sp³-hybridized carbons (Fsp3) is 0.611. The van der Waals surface area contributed by atoms with Crippen LogP contribution in [0.5, 0.6) is 0 Å². The number of benzene rings is 1. The van der Waals surface area contributed by atoms with Crippen molar-refractivity contribution in [2.45, 2.75) is 25.8 Å². The Hall–Kier alpha value is -1.66. The first-order valence-electron chi connectivity index (χ1n) is 8.92. The van der Waals surface area contributed by atoms with Crippen molar-refractivity contribution in [1.29, 1.82) is 0 Å². The lowest BCUT2D eigenvalue weighted by Gasteiger charge is -2.35. The average molecular weight is 334 g/mol. The third-order valence-corrected chi connectivity index (χ3v) is 5.26. The summed E-state index contributed by atoms with van der Waals surface area (Å²) in [6.45, 7) is 7.88. The van der Waals surface area contributed by atoms with E-state index in [0.29, 0.717) is 24.3 Å². The third kappa shape index (κ3) is 3.39. The molecule has 24 heavy (non-hydrogen) atoms. The highest BCUT2D eigenvalue weighted by Gasteiger charge is 2.29. The topological polar surface area (TPSA) is 52.8 Å². The van der Waals surface area contributed by atoms with Crippen LogP contribution in [0.3, 0.4) is 0 Å². The fourth-order valence-corrected chi connectivity index (χ4v) is 3.72. The molecule has 0 bridgehead atoms. The molecule has 6 heteroatoms. The minimum atomic E-state index is -0.311. The predicted molar refractivity (Wildman–Crippen MR) is 93.8 cm³/mol. The van der Waals surface area contributed by atoms with Gasteiger partial charge in [0.25, 0.3) is 5.91 Å². The second-order valence-corrected chi connectivity index (χ2v) is 6.62. The minimum Gasteiger partial charge on any atom is -0.367 e. The summed E-state index contributed by atoms with van der Waals surface area (Å²) in [5.74, 6) is -0.418. The molecule has 1 atom stereocenters. The molecule has 1 unspecified atom stereocenters. The van der Waals surface area contributed by atoms with Gasteiger partial charge in [0.15, 0.2) is 0 Å². The number of halogens is 1. The zero-order valence-corrected chi connectivity index (χ0v) is 14.4. The van der Waals surface area contributed by atoms with E-state index in [2.05, 4.69) is 16.7 Å². The summed E-state index contributed by atoms with van der Waals surface area (Å²) in [4.78, 5) is 18.8. The molecule has 132 valence electrons. The van der Waals surface area contributed by atoms with E-state index in [1.165, 1.54) is 6.07 Å². The zero-order valence-electron chi connectivity index (χ0n) is 14.4. The Labute approximate surface area is 143 Å². The molecule has 1 aromatic carbocycles. The van der Waals surface area contributed by atoms with Gasteiger partial charge in [-0.3, -0.25) is 4.79 Å². The number of anilines is 1. The number of likely N-dealkylation sites (N-methyl/N-ethyl adjacent to an activating group) is 1. The van der Waals surface area contributed by atoms with Crippen LogP contribution in [-0.2, 0) is 0 Å². The first-order chi connectivity index (χ1) is 11.6. The minimum absolute atomic E-state index is 0.0855. The van der Waals surface area contributed by atoms with Gasteiger partial charge in [-0.25, -0.2) is 4.39 Å². The molecule has 0 radical (unpaired) electrons. The molecule has 2 aliphatic heterocycles. The van der Waals surface area contributed by atoms with Crippen molar-refractivity contribution < 1.29 is 9.18 Å². The summed E-state index contributed by atoms with van der Waals surface area (Å²) in [5, 5.41) is 0. The number of likely N-dealkylation sites (tertiary alicyclic amines) is 1. The number of nitrogens with two attached hydrogens (primary N) is 1. The molecule has 2 fully saturated rings.